The van der Waals surface area contributed by atoms with Crippen molar-refractivity contribution in [3.05, 3.63) is 41.5 Å². The average Bonchev–Trinajstić information content (AvgIpc) is 2.51. The summed E-state index contributed by atoms with van der Waals surface area (Å²) in [6, 6.07) is 4.25. The van der Waals surface area contributed by atoms with Gasteiger partial charge in [0.1, 0.15) is 0 Å². The predicted molar refractivity (Wildman–Crippen MR) is 89.6 cm³/mol. The van der Waals surface area contributed by atoms with Gasteiger partial charge in [-0.2, -0.15) is 0 Å². The minimum absolute atomic E-state index is 0.745. The lowest BCUT2D eigenvalue weighted by Crippen LogP contribution is -2.06. The SMILES string of the molecule is CCCC(C)CCCC1CC=C(c2ccc(F)c(F)c2)CC1. The second kappa shape index (κ2) is 8.45. The van der Waals surface area contributed by atoms with Crippen molar-refractivity contribution in [3.63, 3.8) is 0 Å². The van der Waals surface area contributed by atoms with Crippen molar-refractivity contribution in [2.75, 3.05) is 0 Å². The number of allylic oxidation sites excluding steroid dienone is 2. The summed E-state index contributed by atoms with van der Waals surface area (Å²) in [6.45, 7) is 4.60. The van der Waals surface area contributed by atoms with Crippen LogP contribution in [0.15, 0.2) is 24.3 Å². The van der Waals surface area contributed by atoms with Crippen LogP contribution in [-0.2, 0) is 0 Å². The molecule has 2 rings (SSSR count). The molecular weight excluding hydrogens is 278 g/mol. The summed E-state index contributed by atoms with van der Waals surface area (Å²) >= 11 is 0. The van der Waals surface area contributed by atoms with E-state index in [9.17, 15) is 8.78 Å². The van der Waals surface area contributed by atoms with Crippen LogP contribution in [0.25, 0.3) is 5.57 Å². The van der Waals surface area contributed by atoms with Crippen LogP contribution in [0.4, 0.5) is 8.78 Å². The third-order valence-electron chi connectivity index (χ3n) is 4.90. The molecule has 122 valence electrons. The molecule has 0 aromatic heterocycles. The van der Waals surface area contributed by atoms with Crippen LogP contribution in [0, 0.1) is 23.5 Å². The van der Waals surface area contributed by atoms with Gasteiger partial charge in [-0.1, -0.05) is 58.1 Å². The third-order valence-corrected chi connectivity index (χ3v) is 4.90. The van der Waals surface area contributed by atoms with E-state index in [2.05, 4.69) is 19.9 Å². The van der Waals surface area contributed by atoms with Crippen LogP contribution in [-0.4, -0.2) is 0 Å². The lowest BCUT2D eigenvalue weighted by atomic mass is 9.83. The lowest BCUT2D eigenvalue weighted by Gasteiger charge is -2.22. The van der Waals surface area contributed by atoms with E-state index in [4.69, 9.17) is 0 Å². The maximum atomic E-state index is 13.3. The molecule has 1 aromatic rings. The fourth-order valence-electron chi connectivity index (χ4n) is 3.50. The van der Waals surface area contributed by atoms with Crippen molar-refractivity contribution in [1.82, 2.24) is 0 Å². The Morgan fingerprint density at radius 3 is 2.64 bits per heavy atom. The van der Waals surface area contributed by atoms with E-state index in [1.165, 1.54) is 56.2 Å². The highest BCUT2D eigenvalue weighted by Crippen LogP contribution is 2.33. The van der Waals surface area contributed by atoms with Crippen molar-refractivity contribution >= 4 is 5.57 Å². The molecule has 0 N–H and O–H groups in total. The number of halogens is 2. The Hall–Kier alpha value is -1.18. The largest absolute Gasteiger partial charge is 0.204 e. The number of hydrogen-bond acceptors (Lipinski definition) is 0. The van der Waals surface area contributed by atoms with Gasteiger partial charge in [0.2, 0.25) is 0 Å². The maximum absolute atomic E-state index is 13.3. The van der Waals surface area contributed by atoms with Gasteiger partial charge in [-0.3, -0.25) is 0 Å². The normalized spacial score (nSPS) is 19.8. The van der Waals surface area contributed by atoms with Gasteiger partial charge in [0.25, 0.3) is 0 Å². The summed E-state index contributed by atoms with van der Waals surface area (Å²) in [4.78, 5) is 0. The van der Waals surface area contributed by atoms with Gasteiger partial charge in [-0.15, -0.1) is 0 Å². The smallest absolute Gasteiger partial charge is 0.159 e. The highest BCUT2D eigenvalue weighted by molar-refractivity contribution is 5.66. The van der Waals surface area contributed by atoms with Crippen molar-refractivity contribution in [2.24, 2.45) is 11.8 Å². The molecule has 0 nitrogen and oxygen atoms in total. The molecule has 0 aliphatic heterocycles. The topological polar surface area (TPSA) is 0 Å². The Balaban J connectivity index is 1.80. The minimum atomic E-state index is -0.765. The monoisotopic (exact) mass is 306 g/mol. The first kappa shape index (κ1) is 17.2. The van der Waals surface area contributed by atoms with Gasteiger partial charge in [-0.05, 0) is 54.4 Å². The van der Waals surface area contributed by atoms with Crippen molar-refractivity contribution in [3.8, 4) is 0 Å². The number of rotatable bonds is 7. The van der Waals surface area contributed by atoms with Gasteiger partial charge in [-0.25, -0.2) is 8.78 Å². The molecule has 0 saturated heterocycles. The van der Waals surface area contributed by atoms with Crippen LogP contribution in [0.2, 0.25) is 0 Å². The Morgan fingerprint density at radius 1 is 1.18 bits per heavy atom. The first-order valence-electron chi connectivity index (χ1n) is 8.74. The van der Waals surface area contributed by atoms with Crippen molar-refractivity contribution < 1.29 is 8.78 Å². The molecule has 0 saturated carbocycles. The molecule has 0 heterocycles. The van der Waals surface area contributed by atoms with E-state index in [0.29, 0.717) is 0 Å². The molecule has 1 aromatic carbocycles. The molecule has 0 radical (unpaired) electrons. The third kappa shape index (κ3) is 4.93. The van der Waals surface area contributed by atoms with Gasteiger partial charge < -0.3 is 0 Å². The van der Waals surface area contributed by atoms with Crippen LogP contribution in [0.3, 0.4) is 0 Å². The van der Waals surface area contributed by atoms with E-state index < -0.39 is 11.6 Å². The highest BCUT2D eigenvalue weighted by Gasteiger charge is 2.16. The molecule has 2 unspecified atom stereocenters. The summed E-state index contributed by atoms with van der Waals surface area (Å²) in [5.74, 6) is 0.106. The van der Waals surface area contributed by atoms with Crippen LogP contribution < -0.4 is 0 Å². The van der Waals surface area contributed by atoms with E-state index >= 15 is 0 Å². The summed E-state index contributed by atoms with van der Waals surface area (Å²) < 4.78 is 26.3. The fraction of sp³-hybridized carbons (Fsp3) is 0.600. The fourth-order valence-corrected chi connectivity index (χ4v) is 3.50. The standard InChI is InChI=1S/C20H28F2/c1-3-5-15(2)6-4-7-16-8-10-17(11-9-16)18-12-13-19(21)20(22)14-18/h10,12-16H,3-9,11H2,1-2H3. The van der Waals surface area contributed by atoms with E-state index in [-0.39, 0.29) is 0 Å². The molecule has 1 aliphatic rings. The predicted octanol–water partition coefficient (Wildman–Crippen LogP) is 6.75. The molecule has 0 bridgehead atoms. The van der Waals surface area contributed by atoms with E-state index in [1.807, 2.05) is 0 Å². The second-order valence-electron chi connectivity index (χ2n) is 6.82. The maximum Gasteiger partial charge on any atom is 0.159 e. The van der Waals surface area contributed by atoms with E-state index in [1.54, 1.807) is 6.07 Å². The van der Waals surface area contributed by atoms with Gasteiger partial charge in [0.05, 0.1) is 0 Å². The molecule has 2 atom stereocenters. The Bertz CT molecular complexity index is 504. The van der Waals surface area contributed by atoms with Crippen LogP contribution in [0.1, 0.15) is 70.8 Å². The first-order valence-corrected chi connectivity index (χ1v) is 8.74. The molecule has 0 spiro atoms. The molecule has 1 aliphatic carbocycles. The Labute approximate surface area is 133 Å². The van der Waals surface area contributed by atoms with Crippen molar-refractivity contribution in [2.45, 2.75) is 65.2 Å². The summed E-state index contributed by atoms with van der Waals surface area (Å²) in [5, 5.41) is 0. The summed E-state index contributed by atoms with van der Waals surface area (Å²) in [7, 11) is 0. The molecule has 0 amide bonds. The zero-order valence-corrected chi connectivity index (χ0v) is 13.9. The first-order chi connectivity index (χ1) is 10.6. The Morgan fingerprint density at radius 2 is 2.00 bits per heavy atom. The molecule has 2 heteroatoms. The lowest BCUT2D eigenvalue weighted by molar-refractivity contribution is 0.390. The van der Waals surface area contributed by atoms with Gasteiger partial charge in [0, 0.05) is 0 Å². The molecular formula is C20H28F2. The highest BCUT2D eigenvalue weighted by atomic mass is 19.2. The zero-order chi connectivity index (χ0) is 15.9. The average molecular weight is 306 g/mol. The van der Waals surface area contributed by atoms with Crippen LogP contribution >= 0.6 is 0 Å². The summed E-state index contributed by atoms with van der Waals surface area (Å²) in [5.41, 5.74) is 2.02. The molecule has 22 heavy (non-hydrogen) atoms. The van der Waals surface area contributed by atoms with Crippen molar-refractivity contribution in [1.29, 1.82) is 0 Å². The molecule has 0 fully saturated rings. The Kier molecular flexibility index (Phi) is 6.60. The van der Waals surface area contributed by atoms with E-state index in [0.717, 1.165) is 30.2 Å². The van der Waals surface area contributed by atoms with Gasteiger partial charge >= 0.3 is 0 Å². The number of benzene rings is 1. The number of hydrogen-bond donors (Lipinski definition) is 0. The minimum Gasteiger partial charge on any atom is -0.204 e. The van der Waals surface area contributed by atoms with Gasteiger partial charge in [0.15, 0.2) is 11.6 Å². The summed E-state index contributed by atoms with van der Waals surface area (Å²) in [6.07, 6.45) is 12.1. The van der Waals surface area contributed by atoms with Crippen LogP contribution in [0.5, 0.6) is 0 Å². The quantitative estimate of drug-likeness (QED) is 0.522. The second-order valence-corrected chi connectivity index (χ2v) is 6.82. The zero-order valence-electron chi connectivity index (χ0n) is 13.9.